The van der Waals surface area contributed by atoms with Crippen LogP contribution in [0.25, 0.3) is 0 Å². The second kappa shape index (κ2) is 7.35. The number of hydrogen-bond acceptors (Lipinski definition) is 7. The summed E-state index contributed by atoms with van der Waals surface area (Å²) in [7, 11) is 0. The number of ether oxygens (including phenoxy) is 2. The summed E-state index contributed by atoms with van der Waals surface area (Å²) in [5.74, 6) is -1.36. The van der Waals surface area contributed by atoms with E-state index >= 15 is 0 Å². The second-order valence-electron chi connectivity index (χ2n) is 4.47. The Kier molecular flexibility index (Phi) is 5.24. The van der Waals surface area contributed by atoms with Gasteiger partial charge in [-0.05, 0) is 38.1 Å². The normalized spacial score (nSPS) is 10.2. The van der Waals surface area contributed by atoms with Crippen molar-refractivity contribution in [1.29, 1.82) is 0 Å². The molecule has 1 heterocycles. The van der Waals surface area contributed by atoms with Crippen LogP contribution in [-0.2, 0) is 9.47 Å². The zero-order valence-electron chi connectivity index (χ0n) is 12.8. The summed E-state index contributed by atoms with van der Waals surface area (Å²) >= 11 is 0. The summed E-state index contributed by atoms with van der Waals surface area (Å²) in [5, 5.41) is 12.5. The second-order valence-corrected chi connectivity index (χ2v) is 4.47. The van der Waals surface area contributed by atoms with E-state index in [-0.39, 0.29) is 23.8 Å². The van der Waals surface area contributed by atoms with Crippen LogP contribution in [0.3, 0.4) is 0 Å². The fourth-order valence-corrected chi connectivity index (χ4v) is 1.88. The predicted molar refractivity (Wildman–Crippen MR) is 82.0 cm³/mol. The number of furan rings is 1. The zero-order chi connectivity index (χ0) is 16.8. The van der Waals surface area contributed by atoms with Gasteiger partial charge in [-0.15, -0.1) is 0 Å². The van der Waals surface area contributed by atoms with Crippen LogP contribution >= 0.6 is 0 Å². The highest BCUT2D eigenvalue weighted by atomic mass is 16.5. The van der Waals surface area contributed by atoms with Crippen molar-refractivity contribution in [3.63, 3.8) is 0 Å². The van der Waals surface area contributed by atoms with Gasteiger partial charge in [-0.2, -0.15) is 0 Å². The first kappa shape index (κ1) is 16.4. The molecule has 7 heteroatoms. The van der Waals surface area contributed by atoms with Crippen molar-refractivity contribution in [3.05, 3.63) is 41.7 Å². The standard InChI is InChI=1S/C16H17NO6/c1-3-21-15(19)10-5-7-11(8-6-10)17-14-13(12(18)9-23-14)16(20)22-4-2/h5-9,17-18H,3-4H2,1-2H3. The Bertz CT molecular complexity index is 689. The molecule has 0 spiro atoms. The molecule has 0 bridgehead atoms. The van der Waals surface area contributed by atoms with E-state index in [9.17, 15) is 14.7 Å². The molecule has 0 unspecified atom stereocenters. The lowest BCUT2D eigenvalue weighted by molar-refractivity contribution is 0.0515. The summed E-state index contributed by atoms with van der Waals surface area (Å²) in [6.45, 7) is 3.87. The molecule has 1 aromatic carbocycles. The van der Waals surface area contributed by atoms with Gasteiger partial charge in [0.1, 0.15) is 6.26 Å². The molecule has 0 aliphatic heterocycles. The molecule has 2 rings (SSSR count). The number of carbonyl (C=O) groups is 2. The van der Waals surface area contributed by atoms with Crippen molar-refractivity contribution in [2.24, 2.45) is 0 Å². The van der Waals surface area contributed by atoms with Gasteiger partial charge in [0.05, 0.1) is 18.8 Å². The van der Waals surface area contributed by atoms with Crippen molar-refractivity contribution in [3.8, 4) is 5.75 Å². The van der Waals surface area contributed by atoms with E-state index in [2.05, 4.69) is 5.32 Å². The first-order valence-electron chi connectivity index (χ1n) is 7.08. The van der Waals surface area contributed by atoms with Crippen LogP contribution in [0.1, 0.15) is 34.6 Å². The van der Waals surface area contributed by atoms with E-state index in [1.54, 1.807) is 38.1 Å². The smallest absolute Gasteiger partial charge is 0.347 e. The maximum atomic E-state index is 11.8. The first-order valence-corrected chi connectivity index (χ1v) is 7.08. The van der Waals surface area contributed by atoms with Crippen molar-refractivity contribution >= 4 is 23.5 Å². The molecule has 0 aliphatic rings. The molecule has 1 aromatic heterocycles. The SMILES string of the molecule is CCOC(=O)c1ccc(Nc2occ(O)c2C(=O)OCC)cc1. The molecule has 0 amide bonds. The number of esters is 2. The van der Waals surface area contributed by atoms with Crippen molar-refractivity contribution in [2.45, 2.75) is 13.8 Å². The van der Waals surface area contributed by atoms with E-state index in [1.165, 1.54) is 0 Å². The predicted octanol–water partition coefficient (Wildman–Crippen LogP) is 3.08. The van der Waals surface area contributed by atoms with Crippen LogP contribution in [-0.4, -0.2) is 30.3 Å². The number of carbonyl (C=O) groups excluding carboxylic acids is 2. The lowest BCUT2D eigenvalue weighted by Gasteiger charge is -2.07. The molecule has 7 nitrogen and oxygen atoms in total. The minimum atomic E-state index is -0.690. The van der Waals surface area contributed by atoms with Gasteiger partial charge in [0.25, 0.3) is 0 Å². The van der Waals surface area contributed by atoms with E-state index in [1.807, 2.05) is 0 Å². The topological polar surface area (TPSA) is 98.0 Å². The highest BCUT2D eigenvalue weighted by Crippen LogP contribution is 2.31. The fourth-order valence-electron chi connectivity index (χ4n) is 1.88. The highest BCUT2D eigenvalue weighted by Gasteiger charge is 2.22. The molecule has 23 heavy (non-hydrogen) atoms. The Labute approximate surface area is 132 Å². The van der Waals surface area contributed by atoms with Crippen LogP contribution in [0.2, 0.25) is 0 Å². The summed E-state index contributed by atoms with van der Waals surface area (Å²) in [6.07, 6.45) is 1.04. The van der Waals surface area contributed by atoms with E-state index in [4.69, 9.17) is 13.9 Å². The molecule has 0 aliphatic carbocycles. The number of benzene rings is 1. The summed E-state index contributed by atoms with van der Waals surface area (Å²) in [5.41, 5.74) is 0.893. The molecule has 2 N–H and O–H groups in total. The van der Waals surface area contributed by atoms with Gasteiger partial charge in [0, 0.05) is 5.69 Å². The molecule has 2 aromatic rings. The molecule has 0 saturated carbocycles. The average molecular weight is 319 g/mol. The lowest BCUT2D eigenvalue weighted by atomic mass is 10.2. The largest absolute Gasteiger partial charge is 0.504 e. The Balaban J connectivity index is 2.17. The van der Waals surface area contributed by atoms with Crippen molar-refractivity contribution in [1.82, 2.24) is 0 Å². The van der Waals surface area contributed by atoms with Gasteiger partial charge in [0.2, 0.25) is 5.88 Å². The van der Waals surface area contributed by atoms with Gasteiger partial charge >= 0.3 is 11.9 Å². The third kappa shape index (κ3) is 3.82. The molecular formula is C16H17NO6. The third-order valence-electron chi connectivity index (χ3n) is 2.91. The van der Waals surface area contributed by atoms with Crippen molar-refractivity contribution in [2.75, 3.05) is 18.5 Å². The molecule has 0 saturated heterocycles. The maximum Gasteiger partial charge on any atom is 0.347 e. The van der Waals surface area contributed by atoms with Gasteiger partial charge in [-0.1, -0.05) is 0 Å². The van der Waals surface area contributed by atoms with E-state index < -0.39 is 11.9 Å². The average Bonchev–Trinajstić information content (AvgIpc) is 2.89. The third-order valence-corrected chi connectivity index (χ3v) is 2.91. The van der Waals surface area contributed by atoms with Crippen molar-refractivity contribution < 1.29 is 28.6 Å². The van der Waals surface area contributed by atoms with Crippen LogP contribution in [0.5, 0.6) is 5.75 Å². The Morgan fingerprint density at radius 2 is 1.70 bits per heavy atom. The molecular weight excluding hydrogens is 302 g/mol. The Morgan fingerprint density at radius 1 is 1.09 bits per heavy atom. The number of aromatic hydroxyl groups is 1. The summed E-state index contributed by atoms with van der Waals surface area (Å²) in [6, 6.07) is 6.40. The van der Waals surface area contributed by atoms with Gasteiger partial charge in [0.15, 0.2) is 11.3 Å². The number of rotatable bonds is 6. The minimum Gasteiger partial charge on any atom is -0.504 e. The Hall–Kier alpha value is -2.96. The zero-order valence-corrected chi connectivity index (χ0v) is 12.8. The maximum absolute atomic E-state index is 11.8. The number of hydrogen-bond donors (Lipinski definition) is 2. The van der Waals surface area contributed by atoms with Crippen LogP contribution in [0.4, 0.5) is 11.6 Å². The van der Waals surface area contributed by atoms with Gasteiger partial charge in [-0.3, -0.25) is 0 Å². The summed E-state index contributed by atoms with van der Waals surface area (Å²) < 4.78 is 14.9. The number of nitrogens with one attached hydrogen (secondary N) is 1. The van der Waals surface area contributed by atoms with Gasteiger partial charge < -0.3 is 24.3 Å². The molecule has 0 fully saturated rings. The minimum absolute atomic E-state index is 0.0600. The lowest BCUT2D eigenvalue weighted by Crippen LogP contribution is -2.07. The highest BCUT2D eigenvalue weighted by molar-refractivity contribution is 5.98. The molecule has 122 valence electrons. The summed E-state index contributed by atoms with van der Waals surface area (Å²) in [4.78, 5) is 23.4. The van der Waals surface area contributed by atoms with Crippen LogP contribution in [0, 0.1) is 0 Å². The molecule has 0 radical (unpaired) electrons. The van der Waals surface area contributed by atoms with E-state index in [0.717, 1.165) is 6.26 Å². The molecule has 0 atom stereocenters. The monoisotopic (exact) mass is 319 g/mol. The van der Waals surface area contributed by atoms with Crippen LogP contribution in [0.15, 0.2) is 34.9 Å². The Morgan fingerprint density at radius 3 is 2.30 bits per heavy atom. The first-order chi connectivity index (χ1) is 11.1. The van der Waals surface area contributed by atoms with E-state index in [0.29, 0.717) is 17.9 Å². The number of anilines is 2. The fraction of sp³-hybridized carbons (Fsp3) is 0.250. The van der Waals surface area contributed by atoms with Gasteiger partial charge in [-0.25, -0.2) is 9.59 Å². The quantitative estimate of drug-likeness (QED) is 0.789. The van der Waals surface area contributed by atoms with Crippen LogP contribution < -0.4 is 5.32 Å².